The van der Waals surface area contributed by atoms with E-state index in [1.807, 2.05) is 6.92 Å². The van der Waals surface area contributed by atoms with Gasteiger partial charge in [0.25, 0.3) is 5.91 Å². The summed E-state index contributed by atoms with van der Waals surface area (Å²) in [7, 11) is 0. The van der Waals surface area contributed by atoms with Gasteiger partial charge in [-0.2, -0.15) is 0 Å². The predicted molar refractivity (Wildman–Crippen MR) is 88.1 cm³/mol. The minimum atomic E-state index is -0.887. The molecule has 128 valence electrons. The average Bonchev–Trinajstić information content (AvgIpc) is 2.51. The molecule has 1 heterocycles. The number of nitrogens with zero attached hydrogens (tertiary/aromatic N) is 2. The Morgan fingerprint density at radius 3 is 2.33 bits per heavy atom. The molecule has 0 bridgehead atoms. The van der Waals surface area contributed by atoms with Crippen LogP contribution >= 0.6 is 0 Å². The molecule has 0 atom stereocenters. The molecule has 0 radical (unpaired) electrons. The number of carbonyl (C=O) groups excluding carboxylic acids is 1. The summed E-state index contributed by atoms with van der Waals surface area (Å²) in [6.45, 7) is 5.01. The van der Waals surface area contributed by atoms with Crippen LogP contribution < -0.4 is 16.0 Å². The molecule has 2 rings (SSSR count). The van der Waals surface area contributed by atoms with Gasteiger partial charge >= 0.3 is 0 Å². The highest BCUT2D eigenvalue weighted by atomic mass is 19.1. The van der Waals surface area contributed by atoms with Gasteiger partial charge in [0.15, 0.2) is 0 Å². The normalized spacial score (nSPS) is 10.3. The lowest BCUT2D eigenvalue weighted by Crippen LogP contribution is -2.30. The number of anilines is 2. The van der Waals surface area contributed by atoms with Crippen LogP contribution in [0.1, 0.15) is 23.1 Å². The van der Waals surface area contributed by atoms with Gasteiger partial charge in [0.1, 0.15) is 34.7 Å². The van der Waals surface area contributed by atoms with Crippen LogP contribution in [0, 0.1) is 18.6 Å². The third-order valence-corrected chi connectivity index (χ3v) is 3.10. The molecule has 1 amide bonds. The first-order valence-corrected chi connectivity index (χ1v) is 7.57. The van der Waals surface area contributed by atoms with Crippen LogP contribution in [0.25, 0.3) is 0 Å². The van der Waals surface area contributed by atoms with Gasteiger partial charge in [-0.1, -0.05) is 6.07 Å². The van der Waals surface area contributed by atoms with Crippen molar-refractivity contribution in [3.63, 3.8) is 0 Å². The first kappa shape index (κ1) is 17.6. The highest BCUT2D eigenvalue weighted by Crippen LogP contribution is 2.12. The summed E-state index contributed by atoms with van der Waals surface area (Å²) in [6.07, 6.45) is 0. The van der Waals surface area contributed by atoms with Gasteiger partial charge in [-0.3, -0.25) is 4.79 Å². The maximum Gasteiger partial charge on any atom is 0.257 e. The Morgan fingerprint density at radius 1 is 1.08 bits per heavy atom. The zero-order chi connectivity index (χ0) is 17.5. The summed E-state index contributed by atoms with van der Waals surface area (Å²) in [5, 5.41) is 8.58. The molecule has 1 aromatic carbocycles. The van der Waals surface area contributed by atoms with E-state index in [9.17, 15) is 13.6 Å². The fourth-order valence-electron chi connectivity index (χ4n) is 2.10. The summed E-state index contributed by atoms with van der Waals surface area (Å²) >= 11 is 0. The lowest BCUT2D eigenvalue weighted by atomic mass is 10.2. The number of benzene rings is 1. The van der Waals surface area contributed by atoms with Crippen LogP contribution in [0.15, 0.2) is 24.3 Å². The Kier molecular flexibility index (Phi) is 6.00. The quantitative estimate of drug-likeness (QED) is 0.677. The van der Waals surface area contributed by atoms with Crippen LogP contribution in [0.3, 0.4) is 0 Å². The number of aryl methyl sites for hydroxylation is 1. The molecule has 24 heavy (non-hydrogen) atoms. The molecule has 0 fully saturated rings. The Hall–Kier alpha value is -2.77. The highest BCUT2D eigenvalue weighted by molar-refractivity contribution is 5.94. The van der Waals surface area contributed by atoms with Gasteiger partial charge in [0.2, 0.25) is 0 Å². The molecule has 0 aliphatic rings. The molecule has 0 saturated heterocycles. The molecule has 1 aromatic heterocycles. The fraction of sp³-hybridized carbons (Fsp3) is 0.312. The van der Waals surface area contributed by atoms with E-state index in [-0.39, 0.29) is 6.54 Å². The van der Waals surface area contributed by atoms with E-state index < -0.39 is 23.1 Å². The molecular weight excluding hydrogens is 316 g/mol. The van der Waals surface area contributed by atoms with E-state index in [1.165, 1.54) is 6.07 Å². The van der Waals surface area contributed by atoms with Gasteiger partial charge < -0.3 is 16.0 Å². The van der Waals surface area contributed by atoms with Gasteiger partial charge in [0.05, 0.1) is 0 Å². The number of rotatable bonds is 7. The molecule has 0 unspecified atom stereocenters. The van der Waals surface area contributed by atoms with Crippen molar-refractivity contribution in [1.82, 2.24) is 15.3 Å². The minimum absolute atomic E-state index is 0.187. The fourth-order valence-corrected chi connectivity index (χ4v) is 2.10. The van der Waals surface area contributed by atoms with Crippen LogP contribution in [0.5, 0.6) is 0 Å². The van der Waals surface area contributed by atoms with Crippen LogP contribution in [0.4, 0.5) is 20.4 Å². The summed E-state index contributed by atoms with van der Waals surface area (Å²) in [6, 6.07) is 5.04. The smallest absolute Gasteiger partial charge is 0.257 e. The van der Waals surface area contributed by atoms with E-state index in [4.69, 9.17) is 0 Å². The average molecular weight is 335 g/mol. The van der Waals surface area contributed by atoms with Crippen molar-refractivity contribution in [1.29, 1.82) is 0 Å². The van der Waals surface area contributed by atoms with Gasteiger partial charge in [-0.05, 0) is 26.0 Å². The standard InChI is InChI=1S/C16H19F2N5O/c1-3-19-13-9-14(23-10(2)22-13)20-7-8-21-16(24)15-11(17)5-4-6-12(15)18/h4-6,9H,3,7-8H2,1-2H3,(H,21,24)(H2,19,20,22,23). The third kappa shape index (κ3) is 4.61. The molecule has 6 nitrogen and oxygen atoms in total. The van der Waals surface area contributed by atoms with E-state index in [1.54, 1.807) is 13.0 Å². The van der Waals surface area contributed by atoms with Crippen molar-refractivity contribution in [3.05, 3.63) is 47.3 Å². The van der Waals surface area contributed by atoms with Gasteiger partial charge in [-0.25, -0.2) is 18.7 Å². The largest absolute Gasteiger partial charge is 0.370 e. The third-order valence-electron chi connectivity index (χ3n) is 3.10. The monoisotopic (exact) mass is 335 g/mol. The molecule has 0 aliphatic carbocycles. The maximum atomic E-state index is 13.5. The highest BCUT2D eigenvalue weighted by Gasteiger charge is 2.16. The van der Waals surface area contributed by atoms with Crippen molar-refractivity contribution in [2.45, 2.75) is 13.8 Å². The minimum Gasteiger partial charge on any atom is -0.370 e. The van der Waals surface area contributed by atoms with E-state index >= 15 is 0 Å². The second-order valence-electron chi connectivity index (χ2n) is 5.00. The van der Waals surface area contributed by atoms with E-state index in [2.05, 4.69) is 25.9 Å². The summed E-state index contributed by atoms with van der Waals surface area (Å²) in [5.41, 5.74) is -0.579. The lowest BCUT2D eigenvalue weighted by molar-refractivity contribution is 0.0946. The lowest BCUT2D eigenvalue weighted by Gasteiger charge is -2.10. The first-order chi connectivity index (χ1) is 11.5. The number of aromatic nitrogens is 2. The maximum absolute atomic E-state index is 13.5. The van der Waals surface area contributed by atoms with E-state index in [0.717, 1.165) is 18.7 Å². The topological polar surface area (TPSA) is 78.9 Å². The second kappa shape index (κ2) is 8.19. The van der Waals surface area contributed by atoms with Crippen LogP contribution in [-0.2, 0) is 0 Å². The van der Waals surface area contributed by atoms with Crippen LogP contribution in [0.2, 0.25) is 0 Å². The van der Waals surface area contributed by atoms with E-state index in [0.29, 0.717) is 24.0 Å². The van der Waals surface area contributed by atoms with Crippen LogP contribution in [-0.4, -0.2) is 35.5 Å². The number of halogens is 2. The molecular formula is C16H19F2N5O. The summed E-state index contributed by atoms with van der Waals surface area (Å²) in [4.78, 5) is 20.3. The van der Waals surface area contributed by atoms with Crippen molar-refractivity contribution in [2.24, 2.45) is 0 Å². The zero-order valence-corrected chi connectivity index (χ0v) is 13.5. The van der Waals surface area contributed by atoms with Gasteiger partial charge in [-0.15, -0.1) is 0 Å². The van der Waals surface area contributed by atoms with Crippen molar-refractivity contribution in [2.75, 3.05) is 30.3 Å². The summed E-state index contributed by atoms with van der Waals surface area (Å²) in [5.74, 6) is -0.660. The summed E-state index contributed by atoms with van der Waals surface area (Å²) < 4.78 is 27.0. The Labute approximate surface area is 138 Å². The number of amides is 1. The number of carbonyl (C=O) groups is 1. The van der Waals surface area contributed by atoms with Crippen molar-refractivity contribution < 1.29 is 13.6 Å². The predicted octanol–water partition coefficient (Wildman–Crippen LogP) is 2.34. The Balaban J connectivity index is 1.88. The second-order valence-corrected chi connectivity index (χ2v) is 5.00. The molecule has 0 aliphatic heterocycles. The molecule has 0 saturated carbocycles. The molecule has 0 spiro atoms. The molecule has 3 N–H and O–H groups in total. The Bertz CT molecular complexity index is 703. The number of nitrogens with one attached hydrogen (secondary N) is 3. The number of hydrogen-bond donors (Lipinski definition) is 3. The molecule has 8 heteroatoms. The number of hydrogen-bond acceptors (Lipinski definition) is 5. The van der Waals surface area contributed by atoms with Crippen molar-refractivity contribution in [3.8, 4) is 0 Å². The first-order valence-electron chi connectivity index (χ1n) is 7.57. The zero-order valence-electron chi connectivity index (χ0n) is 13.5. The SMILES string of the molecule is CCNc1cc(NCCNC(=O)c2c(F)cccc2F)nc(C)n1. The van der Waals surface area contributed by atoms with Crippen molar-refractivity contribution >= 4 is 17.5 Å². The Morgan fingerprint density at radius 2 is 1.71 bits per heavy atom. The molecule has 2 aromatic rings. The van der Waals surface area contributed by atoms with Gasteiger partial charge in [0, 0.05) is 25.7 Å².